The first-order valence-electron chi connectivity index (χ1n) is 6.73. The number of hydrogen-bond donors (Lipinski definition) is 1. The van der Waals surface area contributed by atoms with E-state index < -0.39 is 27.7 Å². The van der Waals surface area contributed by atoms with Gasteiger partial charge in [-0.1, -0.05) is 0 Å². The van der Waals surface area contributed by atoms with Crippen molar-refractivity contribution in [2.75, 3.05) is 25.1 Å². The Kier molecular flexibility index (Phi) is 4.96. The minimum atomic E-state index is -4.47. The lowest BCUT2D eigenvalue weighted by Gasteiger charge is -2.23. The molecule has 0 radical (unpaired) electrons. The average molecular weight is 338 g/mol. The maximum absolute atomic E-state index is 12.5. The zero-order chi connectivity index (χ0) is 16.4. The van der Waals surface area contributed by atoms with E-state index >= 15 is 0 Å². The Balaban J connectivity index is 2.12. The van der Waals surface area contributed by atoms with Gasteiger partial charge in [-0.3, -0.25) is 0 Å². The topological polar surface area (TPSA) is 68.3 Å². The Bertz CT molecular complexity index is 596. The highest BCUT2D eigenvalue weighted by Gasteiger charge is 2.32. The van der Waals surface area contributed by atoms with E-state index in [0.717, 1.165) is 31.4 Å². The van der Waals surface area contributed by atoms with Crippen LogP contribution in [0.25, 0.3) is 0 Å². The molecule has 2 atom stereocenters. The number of ether oxygens (including phenoxy) is 1. The molecule has 1 saturated heterocycles. The molecule has 1 aromatic rings. The van der Waals surface area contributed by atoms with Gasteiger partial charge in [0.1, 0.15) is 6.10 Å². The van der Waals surface area contributed by atoms with Crippen LogP contribution in [0.2, 0.25) is 0 Å². The van der Waals surface area contributed by atoms with E-state index in [1.807, 2.05) is 0 Å². The van der Waals surface area contributed by atoms with Crippen LogP contribution in [0.4, 0.5) is 13.2 Å². The molecule has 0 bridgehead atoms. The molecular weight excluding hydrogens is 321 g/mol. The van der Waals surface area contributed by atoms with Gasteiger partial charge in [0.25, 0.3) is 0 Å². The molecule has 0 aromatic carbocycles. The first kappa shape index (κ1) is 17.0. The van der Waals surface area contributed by atoms with Crippen molar-refractivity contribution in [3.63, 3.8) is 0 Å². The number of hydrogen-bond acceptors (Lipinski definition) is 5. The Morgan fingerprint density at radius 1 is 1.45 bits per heavy atom. The molecule has 22 heavy (non-hydrogen) atoms. The fraction of sp³-hybridized carbons (Fsp3) is 0.615. The van der Waals surface area contributed by atoms with Crippen molar-refractivity contribution in [3.05, 3.63) is 23.9 Å². The van der Waals surface area contributed by atoms with Gasteiger partial charge in [0, 0.05) is 31.0 Å². The van der Waals surface area contributed by atoms with Gasteiger partial charge in [-0.25, -0.2) is 13.4 Å². The van der Waals surface area contributed by atoms with Crippen molar-refractivity contribution in [2.45, 2.75) is 18.7 Å². The predicted molar refractivity (Wildman–Crippen MR) is 74.3 cm³/mol. The maximum Gasteiger partial charge on any atom is 0.417 e. The monoisotopic (exact) mass is 338 g/mol. The second-order valence-electron chi connectivity index (χ2n) is 5.38. The van der Waals surface area contributed by atoms with Crippen molar-refractivity contribution in [2.24, 2.45) is 5.92 Å². The molecule has 2 rings (SSSR count). The van der Waals surface area contributed by atoms with Gasteiger partial charge in [-0.05, 0) is 19.0 Å². The number of pyridine rings is 1. The minimum absolute atomic E-state index is 0.00597. The van der Waals surface area contributed by atoms with Crippen molar-refractivity contribution < 1.29 is 26.3 Å². The lowest BCUT2D eigenvalue weighted by Crippen LogP contribution is -2.35. The van der Waals surface area contributed by atoms with E-state index in [1.54, 1.807) is 0 Å². The average Bonchev–Trinajstić information content (AvgIpc) is 2.89. The molecule has 1 aliphatic rings. The smallest absolute Gasteiger partial charge is 0.417 e. The van der Waals surface area contributed by atoms with Crippen LogP contribution in [0.3, 0.4) is 0 Å². The lowest BCUT2D eigenvalue weighted by molar-refractivity contribution is -0.137. The molecule has 1 N–H and O–H groups in total. The standard InChI is InChI=1S/C13H17F3N2O3S/c1-22(19,20)8-11(9-4-5-17-6-9)21-12-3-2-10(7-18-12)13(14,15)16/h2-3,7,9,11,17H,4-6,8H2,1H3/t9?,11-/m1/s1. The van der Waals surface area contributed by atoms with Crippen molar-refractivity contribution in [1.82, 2.24) is 10.3 Å². The second kappa shape index (κ2) is 6.41. The Morgan fingerprint density at radius 3 is 2.64 bits per heavy atom. The first-order chi connectivity index (χ1) is 10.1. The molecule has 0 aliphatic carbocycles. The summed E-state index contributed by atoms with van der Waals surface area (Å²) < 4.78 is 66.0. The number of halogens is 3. The number of rotatable bonds is 5. The van der Waals surface area contributed by atoms with Crippen LogP contribution in [0.5, 0.6) is 5.88 Å². The molecule has 9 heteroatoms. The summed E-state index contributed by atoms with van der Waals surface area (Å²) in [6, 6.07) is 1.98. The van der Waals surface area contributed by atoms with E-state index in [-0.39, 0.29) is 17.6 Å². The van der Waals surface area contributed by atoms with Crippen LogP contribution in [0.1, 0.15) is 12.0 Å². The highest BCUT2D eigenvalue weighted by Crippen LogP contribution is 2.29. The normalized spacial score (nSPS) is 20.8. The van der Waals surface area contributed by atoms with Gasteiger partial charge < -0.3 is 10.1 Å². The van der Waals surface area contributed by atoms with Crippen molar-refractivity contribution in [3.8, 4) is 5.88 Å². The molecule has 0 spiro atoms. The molecule has 0 saturated carbocycles. The number of nitrogens with one attached hydrogen (secondary N) is 1. The second-order valence-corrected chi connectivity index (χ2v) is 7.57. The first-order valence-corrected chi connectivity index (χ1v) is 8.79. The summed E-state index contributed by atoms with van der Waals surface area (Å²) in [7, 11) is -3.27. The van der Waals surface area contributed by atoms with Gasteiger partial charge in [0.15, 0.2) is 9.84 Å². The third-order valence-corrected chi connectivity index (χ3v) is 4.36. The number of alkyl halides is 3. The highest BCUT2D eigenvalue weighted by molar-refractivity contribution is 7.90. The van der Waals surface area contributed by atoms with E-state index in [9.17, 15) is 21.6 Å². The van der Waals surface area contributed by atoms with E-state index in [4.69, 9.17) is 4.74 Å². The summed E-state index contributed by atoms with van der Waals surface area (Å²) in [6.07, 6.45) is -2.56. The summed E-state index contributed by atoms with van der Waals surface area (Å²) in [5, 5.41) is 3.11. The van der Waals surface area contributed by atoms with Gasteiger partial charge in [-0.2, -0.15) is 13.2 Å². The van der Waals surface area contributed by atoms with Crippen LogP contribution in [0, 0.1) is 5.92 Å². The molecule has 1 fully saturated rings. The van der Waals surface area contributed by atoms with Crippen LogP contribution in [-0.2, 0) is 16.0 Å². The fourth-order valence-electron chi connectivity index (χ4n) is 2.33. The van der Waals surface area contributed by atoms with Gasteiger partial charge in [0.05, 0.1) is 11.3 Å². The SMILES string of the molecule is CS(=O)(=O)C[C@@H](Oc1ccc(C(F)(F)F)cn1)C1CCNC1. The quantitative estimate of drug-likeness (QED) is 0.881. The molecule has 1 unspecified atom stereocenters. The predicted octanol–water partition coefficient (Wildman–Crippen LogP) is 1.50. The Labute approximate surface area is 126 Å². The van der Waals surface area contributed by atoms with Gasteiger partial charge in [0.2, 0.25) is 5.88 Å². The van der Waals surface area contributed by atoms with Crippen LogP contribution in [0.15, 0.2) is 18.3 Å². The van der Waals surface area contributed by atoms with Crippen LogP contribution in [-0.4, -0.2) is 44.6 Å². The van der Waals surface area contributed by atoms with E-state index in [1.165, 1.54) is 0 Å². The number of aromatic nitrogens is 1. The molecule has 0 amide bonds. The molecular formula is C13H17F3N2O3S. The third-order valence-electron chi connectivity index (χ3n) is 3.43. The zero-order valence-corrected chi connectivity index (χ0v) is 12.7. The van der Waals surface area contributed by atoms with Gasteiger partial charge >= 0.3 is 6.18 Å². The van der Waals surface area contributed by atoms with Gasteiger partial charge in [-0.15, -0.1) is 0 Å². The van der Waals surface area contributed by atoms with E-state index in [2.05, 4.69) is 10.3 Å². The summed E-state index contributed by atoms with van der Waals surface area (Å²) in [6.45, 7) is 1.37. The summed E-state index contributed by atoms with van der Waals surface area (Å²) in [5.41, 5.74) is -0.873. The van der Waals surface area contributed by atoms with Crippen molar-refractivity contribution in [1.29, 1.82) is 0 Å². The fourth-order valence-corrected chi connectivity index (χ4v) is 3.27. The molecule has 5 nitrogen and oxygen atoms in total. The molecule has 1 aliphatic heterocycles. The van der Waals surface area contributed by atoms with Crippen LogP contribution < -0.4 is 10.1 Å². The third kappa shape index (κ3) is 4.84. The number of nitrogens with zero attached hydrogens (tertiary/aromatic N) is 1. The minimum Gasteiger partial charge on any atom is -0.473 e. The Hall–Kier alpha value is -1.35. The largest absolute Gasteiger partial charge is 0.473 e. The summed E-state index contributed by atoms with van der Waals surface area (Å²) in [5.74, 6) is -0.213. The van der Waals surface area contributed by atoms with Crippen LogP contribution >= 0.6 is 0 Å². The summed E-state index contributed by atoms with van der Waals surface area (Å²) >= 11 is 0. The number of sulfone groups is 1. The van der Waals surface area contributed by atoms with Crippen molar-refractivity contribution >= 4 is 9.84 Å². The molecule has 2 heterocycles. The maximum atomic E-state index is 12.5. The van der Waals surface area contributed by atoms with E-state index in [0.29, 0.717) is 12.7 Å². The highest BCUT2D eigenvalue weighted by atomic mass is 32.2. The molecule has 1 aromatic heterocycles. The Morgan fingerprint density at radius 2 is 2.18 bits per heavy atom. The lowest BCUT2D eigenvalue weighted by atomic mass is 10.0. The zero-order valence-electron chi connectivity index (χ0n) is 11.9. The molecule has 124 valence electrons. The summed E-state index contributed by atoms with van der Waals surface area (Å²) in [4.78, 5) is 3.63.